The summed E-state index contributed by atoms with van der Waals surface area (Å²) in [5, 5.41) is 3.59. The van der Waals surface area contributed by atoms with Gasteiger partial charge in [0.25, 0.3) is 0 Å². The van der Waals surface area contributed by atoms with E-state index in [2.05, 4.69) is 18.3 Å². The Balaban J connectivity index is 1.64. The van der Waals surface area contributed by atoms with E-state index in [1.807, 2.05) is 0 Å². The molecule has 0 aromatic heterocycles. The van der Waals surface area contributed by atoms with Gasteiger partial charge in [-0.15, -0.1) is 0 Å². The molecule has 2 aliphatic rings. The van der Waals surface area contributed by atoms with E-state index in [4.69, 9.17) is 4.74 Å². The molecule has 0 amide bonds. The summed E-state index contributed by atoms with van der Waals surface area (Å²) in [6, 6.07) is 0. The van der Waals surface area contributed by atoms with Crippen molar-refractivity contribution >= 4 is 0 Å². The summed E-state index contributed by atoms with van der Waals surface area (Å²) in [4.78, 5) is 0. The lowest BCUT2D eigenvalue weighted by Crippen LogP contribution is -2.27. The third-order valence-electron chi connectivity index (χ3n) is 3.57. The van der Waals surface area contributed by atoms with E-state index in [0.717, 1.165) is 26.2 Å². The Labute approximate surface area is 93.1 Å². The molecule has 0 spiro atoms. The predicted molar refractivity (Wildman–Crippen MR) is 63.0 cm³/mol. The number of rotatable bonds is 6. The third kappa shape index (κ3) is 3.32. The Bertz CT molecular complexity index is 231. The Kier molecular flexibility index (Phi) is 3.81. The minimum Gasteiger partial charge on any atom is -0.377 e. The summed E-state index contributed by atoms with van der Waals surface area (Å²) in [7, 11) is 0. The zero-order chi connectivity index (χ0) is 10.6. The molecule has 0 bridgehead atoms. The highest BCUT2D eigenvalue weighted by Crippen LogP contribution is 2.48. The molecule has 1 heterocycles. The number of hydrogen-bond donors (Lipinski definition) is 1. The van der Waals surface area contributed by atoms with Crippen molar-refractivity contribution in [2.45, 2.75) is 39.0 Å². The van der Waals surface area contributed by atoms with Gasteiger partial charge < -0.3 is 10.1 Å². The number of hydrogen-bond acceptors (Lipinski definition) is 2. The molecular formula is C13H23NO. The minimum atomic E-state index is 0.671. The van der Waals surface area contributed by atoms with Gasteiger partial charge in [-0.05, 0) is 36.7 Å². The lowest BCUT2D eigenvalue weighted by molar-refractivity contribution is 0.148. The van der Waals surface area contributed by atoms with Crippen LogP contribution in [-0.2, 0) is 4.74 Å². The van der Waals surface area contributed by atoms with Crippen molar-refractivity contribution in [3.63, 3.8) is 0 Å². The largest absolute Gasteiger partial charge is 0.377 e. The van der Waals surface area contributed by atoms with Crippen molar-refractivity contribution in [1.82, 2.24) is 5.32 Å². The molecule has 2 heteroatoms. The molecular weight excluding hydrogens is 186 g/mol. The standard InChI is InChI=1S/C13H23NO/c1-2-5-13(6-7-13)11-14-9-12-4-3-8-15-10-12/h4,14H,2-3,5-11H2,1H3. The van der Waals surface area contributed by atoms with E-state index >= 15 is 0 Å². The summed E-state index contributed by atoms with van der Waals surface area (Å²) < 4.78 is 5.42. The molecule has 1 N–H and O–H groups in total. The van der Waals surface area contributed by atoms with Crippen LogP contribution in [0, 0.1) is 5.41 Å². The molecule has 1 saturated carbocycles. The fourth-order valence-electron chi connectivity index (χ4n) is 2.44. The zero-order valence-corrected chi connectivity index (χ0v) is 9.85. The van der Waals surface area contributed by atoms with Gasteiger partial charge in [0.05, 0.1) is 13.2 Å². The summed E-state index contributed by atoms with van der Waals surface area (Å²) in [5.74, 6) is 0. The van der Waals surface area contributed by atoms with E-state index in [-0.39, 0.29) is 0 Å². The topological polar surface area (TPSA) is 21.3 Å². The average molecular weight is 209 g/mol. The molecule has 0 radical (unpaired) electrons. The van der Waals surface area contributed by atoms with Gasteiger partial charge in [-0.3, -0.25) is 0 Å². The maximum Gasteiger partial charge on any atom is 0.0689 e. The molecule has 2 rings (SSSR count). The van der Waals surface area contributed by atoms with Gasteiger partial charge in [-0.1, -0.05) is 19.4 Å². The molecule has 0 saturated heterocycles. The molecule has 1 aliphatic carbocycles. The molecule has 1 fully saturated rings. The van der Waals surface area contributed by atoms with Crippen molar-refractivity contribution in [2.24, 2.45) is 5.41 Å². The van der Waals surface area contributed by atoms with Crippen LogP contribution in [0.15, 0.2) is 11.6 Å². The lowest BCUT2D eigenvalue weighted by atomic mass is 10.0. The first-order chi connectivity index (χ1) is 7.35. The van der Waals surface area contributed by atoms with Crippen molar-refractivity contribution in [1.29, 1.82) is 0 Å². The first kappa shape index (κ1) is 11.2. The lowest BCUT2D eigenvalue weighted by Gasteiger charge is -2.18. The third-order valence-corrected chi connectivity index (χ3v) is 3.57. The highest BCUT2D eigenvalue weighted by Gasteiger charge is 2.40. The fraction of sp³-hybridized carbons (Fsp3) is 0.846. The van der Waals surface area contributed by atoms with Gasteiger partial charge in [0, 0.05) is 13.1 Å². The van der Waals surface area contributed by atoms with E-state index in [1.165, 1.54) is 37.8 Å². The molecule has 15 heavy (non-hydrogen) atoms. The van der Waals surface area contributed by atoms with E-state index in [0.29, 0.717) is 5.41 Å². The summed E-state index contributed by atoms with van der Waals surface area (Å²) in [6.45, 7) is 6.28. The monoisotopic (exact) mass is 209 g/mol. The molecule has 86 valence electrons. The Morgan fingerprint density at radius 2 is 2.33 bits per heavy atom. The van der Waals surface area contributed by atoms with E-state index in [9.17, 15) is 0 Å². The van der Waals surface area contributed by atoms with Gasteiger partial charge in [0.15, 0.2) is 0 Å². The molecule has 0 aromatic carbocycles. The van der Waals surface area contributed by atoms with Crippen LogP contribution in [0.1, 0.15) is 39.0 Å². The van der Waals surface area contributed by atoms with Crippen LogP contribution in [0.25, 0.3) is 0 Å². The van der Waals surface area contributed by atoms with Crippen LogP contribution < -0.4 is 5.32 Å². The highest BCUT2D eigenvalue weighted by molar-refractivity contribution is 5.07. The SMILES string of the molecule is CCCC1(CNCC2=CCCOC2)CC1. The van der Waals surface area contributed by atoms with Gasteiger partial charge in [0.2, 0.25) is 0 Å². The summed E-state index contributed by atoms with van der Waals surface area (Å²) >= 11 is 0. The van der Waals surface area contributed by atoms with Gasteiger partial charge in [-0.25, -0.2) is 0 Å². The predicted octanol–water partition coefficient (Wildman–Crippen LogP) is 2.50. The van der Waals surface area contributed by atoms with Gasteiger partial charge in [0.1, 0.15) is 0 Å². The average Bonchev–Trinajstić information content (AvgIpc) is 3.00. The van der Waals surface area contributed by atoms with Crippen LogP contribution in [0.2, 0.25) is 0 Å². The smallest absolute Gasteiger partial charge is 0.0689 e. The quantitative estimate of drug-likeness (QED) is 0.679. The molecule has 1 aliphatic heterocycles. The normalized spacial score (nSPS) is 23.7. The van der Waals surface area contributed by atoms with Crippen molar-refractivity contribution in [3.05, 3.63) is 11.6 Å². The van der Waals surface area contributed by atoms with Crippen LogP contribution in [0.4, 0.5) is 0 Å². The van der Waals surface area contributed by atoms with Crippen molar-refractivity contribution in [3.8, 4) is 0 Å². The first-order valence-corrected chi connectivity index (χ1v) is 6.31. The highest BCUT2D eigenvalue weighted by atomic mass is 16.5. The first-order valence-electron chi connectivity index (χ1n) is 6.31. The van der Waals surface area contributed by atoms with Crippen LogP contribution >= 0.6 is 0 Å². The Morgan fingerprint density at radius 3 is 2.93 bits per heavy atom. The summed E-state index contributed by atoms with van der Waals surface area (Å²) in [5.41, 5.74) is 2.11. The minimum absolute atomic E-state index is 0.671. The fourth-order valence-corrected chi connectivity index (χ4v) is 2.44. The molecule has 0 aromatic rings. The second-order valence-electron chi connectivity index (χ2n) is 5.06. The molecule has 0 unspecified atom stereocenters. The van der Waals surface area contributed by atoms with Crippen molar-refractivity contribution in [2.75, 3.05) is 26.3 Å². The Morgan fingerprint density at radius 1 is 1.47 bits per heavy atom. The second-order valence-corrected chi connectivity index (χ2v) is 5.06. The van der Waals surface area contributed by atoms with Crippen LogP contribution in [-0.4, -0.2) is 26.3 Å². The number of ether oxygens (including phenoxy) is 1. The molecule has 0 atom stereocenters. The van der Waals surface area contributed by atoms with Gasteiger partial charge >= 0.3 is 0 Å². The summed E-state index contributed by atoms with van der Waals surface area (Å²) in [6.07, 6.45) is 9.02. The number of nitrogens with one attached hydrogen (secondary N) is 1. The zero-order valence-electron chi connectivity index (χ0n) is 9.85. The maximum atomic E-state index is 5.42. The maximum absolute atomic E-state index is 5.42. The van der Waals surface area contributed by atoms with Crippen molar-refractivity contribution < 1.29 is 4.74 Å². The van der Waals surface area contributed by atoms with E-state index < -0.39 is 0 Å². The van der Waals surface area contributed by atoms with Crippen LogP contribution in [0.3, 0.4) is 0 Å². The van der Waals surface area contributed by atoms with Gasteiger partial charge in [-0.2, -0.15) is 0 Å². The second kappa shape index (κ2) is 5.13. The Hall–Kier alpha value is -0.340. The molecule has 2 nitrogen and oxygen atoms in total. The van der Waals surface area contributed by atoms with E-state index in [1.54, 1.807) is 0 Å². The van der Waals surface area contributed by atoms with Crippen LogP contribution in [0.5, 0.6) is 0 Å².